The van der Waals surface area contributed by atoms with Gasteiger partial charge in [-0.05, 0) is 24.1 Å². The van der Waals surface area contributed by atoms with Crippen molar-refractivity contribution in [1.29, 1.82) is 0 Å². The van der Waals surface area contributed by atoms with Gasteiger partial charge in [0.25, 0.3) is 5.91 Å². The standard InChI is InChI=1S/C19H18N4O2/c20-18(24)14-6-7-16(15-10-21-12-22-17(14)15)23-9-8-19(25,11-23)13-4-2-1-3-5-13/h1-7,10,12,25H,8-9,11H2,(H2,20,24). The van der Waals surface area contributed by atoms with Crippen molar-refractivity contribution >= 4 is 22.5 Å². The van der Waals surface area contributed by atoms with E-state index in [0.29, 0.717) is 30.6 Å². The zero-order valence-electron chi connectivity index (χ0n) is 13.6. The average Bonchev–Trinajstić information content (AvgIpc) is 3.05. The molecule has 1 aliphatic rings. The third-order valence-corrected chi connectivity index (χ3v) is 4.82. The highest BCUT2D eigenvalue weighted by atomic mass is 16.3. The first-order valence-electron chi connectivity index (χ1n) is 8.14. The molecule has 6 heteroatoms. The Morgan fingerprint density at radius 2 is 2.00 bits per heavy atom. The van der Waals surface area contributed by atoms with Crippen LogP contribution in [0.4, 0.5) is 5.69 Å². The van der Waals surface area contributed by atoms with Crippen molar-refractivity contribution in [2.75, 3.05) is 18.0 Å². The monoisotopic (exact) mass is 334 g/mol. The highest BCUT2D eigenvalue weighted by Crippen LogP contribution is 2.37. The molecule has 1 amide bonds. The van der Waals surface area contributed by atoms with Crippen LogP contribution >= 0.6 is 0 Å². The molecule has 0 spiro atoms. The fraction of sp³-hybridized carbons (Fsp3) is 0.211. The number of benzene rings is 2. The molecule has 2 heterocycles. The Morgan fingerprint density at radius 1 is 1.20 bits per heavy atom. The second-order valence-electron chi connectivity index (χ2n) is 6.35. The van der Waals surface area contributed by atoms with Crippen LogP contribution in [0.25, 0.3) is 10.9 Å². The Balaban J connectivity index is 1.75. The number of nitrogens with zero attached hydrogens (tertiary/aromatic N) is 3. The van der Waals surface area contributed by atoms with Crippen molar-refractivity contribution in [1.82, 2.24) is 9.97 Å². The second kappa shape index (κ2) is 5.82. The fourth-order valence-electron chi connectivity index (χ4n) is 3.52. The third-order valence-electron chi connectivity index (χ3n) is 4.82. The molecule has 1 fully saturated rings. The van der Waals surface area contributed by atoms with Gasteiger partial charge in [-0.3, -0.25) is 4.79 Å². The number of aliphatic hydroxyl groups is 1. The zero-order chi connectivity index (χ0) is 17.4. The maximum absolute atomic E-state index is 11.6. The van der Waals surface area contributed by atoms with E-state index in [0.717, 1.165) is 16.6 Å². The van der Waals surface area contributed by atoms with Gasteiger partial charge in [0.2, 0.25) is 0 Å². The summed E-state index contributed by atoms with van der Waals surface area (Å²) in [6, 6.07) is 13.2. The Hall–Kier alpha value is -2.99. The molecule has 126 valence electrons. The molecule has 0 radical (unpaired) electrons. The molecule has 3 aromatic rings. The molecule has 4 rings (SSSR count). The summed E-state index contributed by atoms with van der Waals surface area (Å²) in [4.78, 5) is 22.1. The van der Waals surface area contributed by atoms with E-state index < -0.39 is 11.5 Å². The predicted molar refractivity (Wildman–Crippen MR) is 95.2 cm³/mol. The molecule has 1 aromatic heterocycles. The molecule has 0 saturated carbocycles. The Bertz CT molecular complexity index is 945. The van der Waals surface area contributed by atoms with Crippen LogP contribution in [-0.4, -0.2) is 34.1 Å². The van der Waals surface area contributed by atoms with Crippen LogP contribution in [0, 0.1) is 0 Å². The molecule has 25 heavy (non-hydrogen) atoms. The van der Waals surface area contributed by atoms with E-state index in [-0.39, 0.29) is 0 Å². The van der Waals surface area contributed by atoms with Crippen LogP contribution in [0.1, 0.15) is 22.3 Å². The molecule has 1 unspecified atom stereocenters. The first-order valence-corrected chi connectivity index (χ1v) is 8.14. The molecule has 1 atom stereocenters. The number of fused-ring (bicyclic) bond motifs is 1. The maximum Gasteiger partial charge on any atom is 0.250 e. The van der Waals surface area contributed by atoms with E-state index in [9.17, 15) is 9.90 Å². The number of carbonyl (C=O) groups excluding carboxylic acids is 1. The summed E-state index contributed by atoms with van der Waals surface area (Å²) in [7, 11) is 0. The summed E-state index contributed by atoms with van der Waals surface area (Å²) >= 11 is 0. The Labute approximate surface area is 144 Å². The summed E-state index contributed by atoms with van der Waals surface area (Å²) in [5.74, 6) is -0.516. The van der Waals surface area contributed by atoms with Crippen molar-refractivity contribution in [3.63, 3.8) is 0 Å². The van der Waals surface area contributed by atoms with Crippen LogP contribution in [0.15, 0.2) is 55.0 Å². The molecule has 3 N–H and O–H groups in total. The first kappa shape index (κ1) is 15.5. The lowest BCUT2D eigenvalue weighted by atomic mass is 9.93. The van der Waals surface area contributed by atoms with Gasteiger partial charge < -0.3 is 15.7 Å². The summed E-state index contributed by atoms with van der Waals surface area (Å²) in [5.41, 5.74) is 7.27. The zero-order valence-corrected chi connectivity index (χ0v) is 13.6. The highest BCUT2D eigenvalue weighted by Gasteiger charge is 2.38. The van der Waals surface area contributed by atoms with Crippen molar-refractivity contribution in [3.05, 3.63) is 66.1 Å². The number of primary amides is 1. The number of carbonyl (C=O) groups is 1. The summed E-state index contributed by atoms with van der Waals surface area (Å²) < 4.78 is 0. The highest BCUT2D eigenvalue weighted by molar-refractivity contribution is 6.07. The van der Waals surface area contributed by atoms with E-state index in [1.54, 1.807) is 12.3 Å². The van der Waals surface area contributed by atoms with Gasteiger partial charge in [0.15, 0.2) is 0 Å². The normalized spacial score (nSPS) is 20.1. The average molecular weight is 334 g/mol. The minimum atomic E-state index is -0.897. The molecular formula is C19H18N4O2. The van der Waals surface area contributed by atoms with Crippen LogP contribution in [0.3, 0.4) is 0 Å². The van der Waals surface area contributed by atoms with Gasteiger partial charge in [0.1, 0.15) is 11.9 Å². The minimum Gasteiger partial charge on any atom is -0.383 e. The van der Waals surface area contributed by atoms with Gasteiger partial charge in [0, 0.05) is 23.8 Å². The van der Waals surface area contributed by atoms with Gasteiger partial charge in [-0.15, -0.1) is 0 Å². The van der Waals surface area contributed by atoms with E-state index in [2.05, 4.69) is 14.9 Å². The SMILES string of the molecule is NC(=O)c1ccc(N2CCC(O)(c3ccccc3)C2)c2cncnc12. The van der Waals surface area contributed by atoms with E-state index >= 15 is 0 Å². The van der Waals surface area contributed by atoms with Crippen molar-refractivity contribution in [2.45, 2.75) is 12.0 Å². The van der Waals surface area contributed by atoms with Crippen LogP contribution < -0.4 is 10.6 Å². The van der Waals surface area contributed by atoms with Gasteiger partial charge in [-0.25, -0.2) is 9.97 Å². The van der Waals surface area contributed by atoms with Crippen molar-refractivity contribution in [3.8, 4) is 0 Å². The van der Waals surface area contributed by atoms with E-state index in [4.69, 9.17) is 5.73 Å². The molecule has 1 saturated heterocycles. The number of rotatable bonds is 3. The Kier molecular flexibility index (Phi) is 3.62. The van der Waals surface area contributed by atoms with Crippen LogP contribution in [-0.2, 0) is 5.60 Å². The summed E-state index contributed by atoms with van der Waals surface area (Å²) in [6.45, 7) is 1.17. The summed E-state index contributed by atoms with van der Waals surface area (Å²) in [6.07, 6.45) is 3.72. The Morgan fingerprint density at radius 3 is 2.76 bits per heavy atom. The smallest absolute Gasteiger partial charge is 0.250 e. The molecule has 0 bridgehead atoms. The number of amides is 1. The van der Waals surface area contributed by atoms with Gasteiger partial charge in [0.05, 0.1) is 17.6 Å². The van der Waals surface area contributed by atoms with E-state index in [1.165, 1.54) is 6.33 Å². The molecule has 1 aliphatic heterocycles. The number of anilines is 1. The number of β-amino-alcohol motifs (C(OH)–C–C–N with tert-alkyl or cyclic N) is 1. The molecular weight excluding hydrogens is 316 g/mol. The van der Waals surface area contributed by atoms with Gasteiger partial charge >= 0.3 is 0 Å². The predicted octanol–water partition coefficient (Wildman–Crippen LogP) is 1.83. The number of hydrogen-bond acceptors (Lipinski definition) is 5. The lowest BCUT2D eigenvalue weighted by molar-refractivity contribution is 0.0607. The molecule has 2 aromatic carbocycles. The maximum atomic E-state index is 11.6. The van der Waals surface area contributed by atoms with Crippen LogP contribution in [0.5, 0.6) is 0 Å². The van der Waals surface area contributed by atoms with E-state index in [1.807, 2.05) is 36.4 Å². The largest absolute Gasteiger partial charge is 0.383 e. The first-order chi connectivity index (χ1) is 12.1. The topological polar surface area (TPSA) is 92.3 Å². The minimum absolute atomic E-state index is 0.374. The molecule has 0 aliphatic carbocycles. The van der Waals surface area contributed by atoms with Crippen LogP contribution in [0.2, 0.25) is 0 Å². The number of hydrogen-bond donors (Lipinski definition) is 2. The molecule has 6 nitrogen and oxygen atoms in total. The second-order valence-corrected chi connectivity index (χ2v) is 6.35. The van der Waals surface area contributed by atoms with Gasteiger partial charge in [-0.2, -0.15) is 0 Å². The lowest BCUT2D eigenvalue weighted by Crippen LogP contribution is -2.30. The third kappa shape index (κ3) is 2.60. The number of aromatic nitrogens is 2. The lowest BCUT2D eigenvalue weighted by Gasteiger charge is -2.25. The summed E-state index contributed by atoms with van der Waals surface area (Å²) in [5, 5.41) is 11.8. The van der Waals surface area contributed by atoms with Crippen molar-refractivity contribution < 1.29 is 9.90 Å². The number of nitrogens with two attached hydrogens (primary N) is 1. The fourth-order valence-corrected chi connectivity index (χ4v) is 3.52. The van der Waals surface area contributed by atoms with Crippen molar-refractivity contribution in [2.24, 2.45) is 5.73 Å². The van der Waals surface area contributed by atoms with Gasteiger partial charge in [-0.1, -0.05) is 30.3 Å². The quantitative estimate of drug-likeness (QED) is 0.762.